The summed E-state index contributed by atoms with van der Waals surface area (Å²) in [6.45, 7) is 0.668. The minimum Gasteiger partial charge on any atom is -0.320 e. The summed E-state index contributed by atoms with van der Waals surface area (Å²) in [6, 6.07) is 5.52. The highest BCUT2D eigenvalue weighted by Crippen LogP contribution is 2.30. The Morgan fingerprint density at radius 1 is 1.25 bits per heavy atom. The minimum absolute atomic E-state index is 0.00998. The van der Waals surface area contributed by atoms with E-state index in [2.05, 4.69) is 10.3 Å². The van der Waals surface area contributed by atoms with Crippen molar-refractivity contribution in [2.24, 2.45) is 0 Å². The van der Waals surface area contributed by atoms with Crippen molar-refractivity contribution in [3.63, 3.8) is 0 Å². The van der Waals surface area contributed by atoms with E-state index < -0.39 is 27.6 Å². The topological polar surface area (TPSA) is 79.4 Å². The second-order valence-corrected chi connectivity index (χ2v) is 10.2. The van der Waals surface area contributed by atoms with Crippen molar-refractivity contribution in [2.75, 3.05) is 30.4 Å². The molecule has 3 rings (SSSR count). The molecule has 1 aliphatic rings. The van der Waals surface area contributed by atoms with E-state index in [1.165, 1.54) is 23.3 Å². The standard InChI is InChI=1S/C21H21ClF3N3O3S/c1-32(30,31)11-8-14-12-18(22)19(26-13-14)15-6-9-28(10-7-15)20(29)27-17-4-2-16(3-5-17)21(23,24)25/h2-6,12-13H,7-11H2,1H3,(H,27,29). The number of rotatable bonds is 5. The van der Waals surface area contributed by atoms with Crippen LogP contribution in [0, 0.1) is 0 Å². The number of aryl methyl sites for hydroxylation is 1. The predicted octanol–water partition coefficient (Wildman–Crippen LogP) is 4.66. The average Bonchev–Trinajstić information content (AvgIpc) is 2.72. The summed E-state index contributed by atoms with van der Waals surface area (Å²) < 4.78 is 60.6. The molecular weight excluding hydrogens is 467 g/mol. The highest BCUT2D eigenvalue weighted by molar-refractivity contribution is 7.90. The first-order valence-corrected chi connectivity index (χ1v) is 12.1. The number of sulfone groups is 1. The number of carbonyl (C=O) groups is 1. The van der Waals surface area contributed by atoms with Gasteiger partial charge in [-0.05, 0) is 54.3 Å². The molecule has 0 fully saturated rings. The number of anilines is 1. The molecule has 2 aromatic rings. The molecule has 2 heterocycles. The number of alkyl halides is 3. The Bertz CT molecular complexity index is 1130. The van der Waals surface area contributed by atoms with E-state index in [0.29, 0.717) is 30.1 Å². The summed E-state index contributed by atoms with van der Waals surface area (Å²) in [5.74, 6) is 0.00998. The van der Waals surface area contributed by atoms with E-state index in [4.69, 9.17) is 11.6 Å². The molecule has 11 heteroatoms. The van der Waals surface area contributed by atoms with Crippen LogP contribution < -0.4 is 5.32 Å². The van der Waals surface area contributed by atoms with Gasteiger partial charge in [-0.3, -0.25) is 4.98 Å². The molecule has 0 saturated carbocycles. The van der Waals surface area contributed by atoms with Crippen LogP contribution in [0.25, 0.3) is 5.57 Å². The molecule has 0 bridgehead atoms. The molecule has 0 unspecified atom stereocenters. The summed E-state index contributed by atoms with van der Waals surface area (Å²) in [5.41, 5.74) is 1.65. The van der Waals surface area contributed by atoms with Gasteiger partial charge in [-0.25, -0.2) is 13.2 Å². The maximum atomic E-state index is 12.6. The Morgan fingerprint density at radius 3 is 2.47 bits per heavy atom. The molecule has 172 valence electrons. The molecule has 0 spiro atoms. The number of nitrogens with one attached hydrogen (secondary N) is 1. The van der Waals surface area contributed by atoms with E-state index in [0.717, 1.165) is 23.3 Å². The Kier molecular flexibility index (Phi) is 7.14. The minimum atomic E-state index is -4.43. The number of amides is 2. The number of aromatic nitrogens is 1. The smallest absolute Gasteiger partial charge is 0.320 e. The largest absolute Gasteiger partial charge is 0.416 e. The summed E-state index contributed by atoms with van der Waals surface area (Å²) in [6.07, 6.45) is 0.969. The van der Waals surface area contributed by atoms with Gasteiger partial charge in [-0.2, -0.15) is 13.2 Å². The van der Waals surface area contributed by atoms with Crippen molar-refractivity contribution < 1.29 is 26.4 Å². The van der Waals surface area contributed by atoms with Crippen molar-refractivity contribution in [3.05, 3.63) is 64.4 Å². The second kappa shape index (κ2) is 9.50. The van der Waals surface area contributed by atoms with Crippen LogP contribution in [-0.4, -0.2) is 49.4 Å². The maximum absolute atomic E-state index is 12.6. The van der Waals surface area contributed by atoms with Crippen LogP contribution >= 0.6 is 11.6 Å². The Labute approximate surface area is 189 Å². The molecule has 0 atom stereocenters. The van der Waals surface area contributed by atoms with E-state index in [-0.39, 0.29) is 18.0 Å². The lowest BCUT2D eigenvalue weighted by Crippen LogP contribution is -2.38. The molecule has 0 aliphatic carbocycles. The van der Waals surface area contributed by atoms with Crippen molar-refractivity contribution >= 4 is 38.7 Å². The number of nitrogens with zero attached hydrogens (tertiary/aromatic N) is 2. The molecule has 2 amide bonds. The van der Waals surface area contributed by atoms with Gasteiger partial charge in [0.1, 0.15) is 9.84 Å². The van der Waals surface area contributed by atoms with Gasteiger partial charge in [-0.1, -0.05) is 17.7 Å². The van der Waals surface area contributed by atoms with Gasteiger partial charge in [-0.15, -0.1) is 0 Å². The zero-order valence-corrected chi connectivity index (χ0v) is 18.7. The van der Waals surface area contributed by atoms with E-state index in [1.807, 2.05) is 6.08 Å². The molecular formula is C21H21ClF3N3O3S. The van der Waals surface area contributed by atoms with E-state index in [9.17, 15) is 26.4 Å². The molecule has 32 heavy (non-hydrogen) atoms. The van der Waals surface area contributed by atoms with Gasteiger partial charge in [0.2, 0.25) is 0 Å². The third-order valence-electron chi connectivity index (χ3n) is 4.92. The van der Waals surface area contributed by atoms with Gasteiger partial charge >= 0.3 is 12.2 Å². The first-order valence-electron chi connectivity index (χ1n) is 9.67. The fourth-order valence-corrected chi connectivity index (χ4v) is 4.08. The SMILES string of the molecule is CS(=O)(=O)CCc1cnc(C2=CCN(C(=O)Nc3ccc(C(F)(F)F)cc3)CC2)c(Cl)c1. The molecule has 1 aromatic carbocycles. The fourth-order valence-electron chi connectivity index (χ4n) is 3.17. The van der Waals surface area contributed by atoms with Crippen molar-refractivity contribution in [3.8, 4) is 0 Å². The van der Waals surface area contributed by atoms with Crippen LogP contribution in [0.2, 0.25) is 5.02 Å². The molecule has 0 saturated heterocycles. The quantitative estimate of drug-likeness (QED) is 0.665. The Hall–Kier alpha value is -2.59. The fraction of sp³-hybridized carbons (Fsp3) is 0.333. The maximum Gasteiger partial charge on any atom is 0.416 e. The summed E-state index contributed by atoms with van der Waals surface area (Å²) >= 11 is 6.34. The Morgan fingerprint density at radius 2 is 1.94 bits per heavy atom. The van der Waals surface area contributed by atoms with Gasteiger partial charge in [0, 0.05) is 31.2 Å². The predicted molar refractivity (Wildman–Crippen MR) is 117 cm³/mol. The summed E-state index contributed by atoms with van der Waals surface area (Å²) in [7, 11) is -3.09. The number of halogens is 4. The van der Waals surface area contributed by atoms with Gasteiger partial charge in [0.15, 0.2) is 0 Å². The number of carbonyl (C=O) groups excluding carboxylic acids is 1. The zero-order valence-electron chi connectivity index (χ0n) is 17.1. The highest BCUT2D eigenvalue weighted by atomic mass is 35.5. The van der Waals surface area contributed by atoms with Crippen LogP contribution in [-0.2, 0) is 22.4 Å². The van der Waals surface area contributed by atoms with Gasteiger partial charge < -0.3 is 10.2 Å². The first-order chi connectivity index (χ1) is 14.9. The van der Waals surface area contributed by atoms with Crippen molar-refractivity contribution in [1.29, 1.82) is 0 Å². The van der Waals surface area contributed by atoms with Crippen LogP contribution in [0.3, 0.4) is 0 Å². The Balaban J connectivity index is 1.61. The number of benzene rings is 1. The lowest BCUT2D eigenvalue weighted by atomic mass is 10.0. The number of hydrogen-bond donors (Lipinski definition) is 1. The lowest BCUT2D eigenvalue weighted by molar-refractivity contribution is -0.137. The normalized spacial score (nSPS) is 14.8. The molecule has 1 aromatic heterocycles. The molecule has 6 nitrogen and oxygen atoms in total. The van der Waals surface area contributed by atoms with Crippen LogP contribution in [0.5, 0.6) is 0 Å². The number of pyridine rings is 1. The highest BCUT2D eigenvalue weighted by Gasteiger charge is 2.30. The summed E-state index contributed by atoms with van der Waals surface area (Å²) in [5, 5.41) is 3.00. The van der Waals surface area contributed by atoms with Crippen molar-refractivity contribution in [1.82, 2.24) is 9.88 Å². The third-order valence-corrected chi connectivity index (χ3v) is 6.16. The summed E-state index contributed by atoms with van der Waals surface area (Å²) in [4.78, 5) is 18.3. The van der Waals surface area contributed by atoms with Crippen LogP contribution in [0.1, 0.15) is 23.2 Å². The van der Waals surface area contributed by atoms with Gasteiger partial charge in [0.25, 0.3) is 0 Å². The van der Waals surface area contributed by atoms with Gasteiger partial charge in [0.05, 0.1) is 22.0 Å². The molecule has 0 radical (unpaired) electrons. The lowest BCUT2D eigenvalue weighted by Gasteiger charge is -2.27. The monoisotopic (exact) mass is 487 g/mol. The third kappa shape index (κ3) is 6.46. The van der Waals surface area contributed by atoms with E-state index in [1.54, 1.807) is 12.3 Å². The van der Waals surface area contributed by atoms with Crippen LogP contribution in [0.4, 0.5) is 23.7 Å². The van der Waals surface area contributed by atoms with Crippen molar-refractivity contribution in [2.45, 2.75) is 19.0 Å². The number of urea groups is 1. The number of hydrogen-bond acceptors (Lipinski definition) is 4. The first kappa shape index (κ1) is 24.1. The molecule has 1 N–H and O–H groups in total. The molecule has 1 aliphatic heterocycles. The average molecular weight is 488 g/mol. The second-order valence-electron chi connectivity index (χ2n) is 7.48. The van der Waals surface area contributed by atoms with Crippen LogP contribution in [0.15, 0.2) is 42.6 Å². The zero-order chi connectivity index (χ0) is 23.5. The van der Waals surface area contributed by atoms with E-state index >= 15 is 0 Å².